The molecule has 6 aromatic rings. The van der Waals surface area contributed by atoms with Gasteiger partial charge >= 0.3 is 12.4 Å². The third kappa shape index (κ3) is 14.3. The maximum absolute atomic E-state index is 13.2. The van der Waals surface area contributed by atoms with E-state index in [1.54, 1.807) is 64.4 Å². The molecule has 0 saturated carbocycles. The van der Waals surface area contributed by atoms with Crippen LogP contribution in [0.1, 0.15) is 137 Å². The number of piperidine rings is 2. The summed E-state index contributed by atoms with van der Waals surface area (Å²) in [5.41, 5.74) is 12.8. The summed E-state index contributed by atoms with van der Waals surface area (Å²) in [5, 5.41) is 8.89. The van der Waals surface area contributed by atoms with Crippen LogP contribution in [0.25, 0.3) is 0 Å². The van der Waals surface area contributed by atoms with Crippen molar-refractivity contribution in [2.75, 3.05) is 43.9 Å². The van der Waals surface area contributed by atoms with E-state index >= 15 is 0 Å². The van der Waals surface area contributed by atoms with Crippen molar-refractivity contribution >= 4 is 35.0 Å². The van der Waals surface area contributed by atoms with E-state index in [0.29, 0.717) is 92.0 Å². The van der Waals surface area contributed by atoms with Crippen LogP contribution in [0.5, 0.6) is 0 Å². The molecule has 75 heavy (non-hydrogen) atoms. The van der Waals surface area contributed by atoms with Gasteiger partial charge in [0.15, 0.2) is 0 Å². The average Bonchev–Trinajstić information content (AvgIpc) is 3.39. The minimum atomic E-state index is -4.35. The number of halogens is 6. The number of nitrogens with zero attached hydrogens (tertiary/aromatic N) is 2. The van der Waals surface area contributed by atoms with Gasteiger partial charge in [0.25, 0.3) is 23.6 Å². The molecule has 0 aromatic heterocycles. The highest BCUT2D eigenvalue weighted by atomic mass is 19.4. The van der Waals surface area contributed by atoms with Gasteiger partial charge in [-0.3, -0.25) is 19.2 Å². The summed E-state index contributed by atoms with van der Waals surface area (Å²) in [6.07, 6.45) is -6.01. The number of nitrogens with one attached hydrogen (secondary N) is 3. The van der Waals surface area contributed by atoms with Crippen molar-refractivity contribution in [2.45, 2.75) is 89.7 Å². The Morgan fingerprint density at radius 2 is 0.840 bits per heavy atom. The zero-order valence-electron chi connectivity index (χ0n) is 42.6. The Bertz CT molecular complexity index is 2950. The Morgan fingerprint density at radius 1 is 0.507 bits per heavy atom. The number of hydrogen-bond acceptors (Lipinski definition) is 6. The van der Waals surface area contributed by atoms with Crippen molar-refractivity contribution in [3.8, 4) is 0 Å². The highest BCUT2D eigenvalue weighted by Gasteiger charge is 2.33. The lowest BCUT2D eigenvalue weighted by atomic mass is 9.88. The molecule has 0 radical (unpaired) electrons. The number of likely N-dealkylation sites (tertiary alicyclic amines) is 2. The molecular formula is C59H62F6N6O4. The number of hydrogen-bond donors (Lipinski definition) is 4. The lowest BCUT2D eigenvalue weighted by molar-refractivity contribution is -0.138. The molecule has 10 nitrogen and oxygen atoms in total. The van der Waals surface area contributed by atoms with Crippen LogP contribution in [0.15, 0.2) is 133 Å². The van der Waals surface area contributed by atoms with Gasteiger partial charge in [-0.1, -0.05) is 60.7 Å². The van der Waals surface area contributed by atoms with E-state index < -0.39 is 29.0 Å². The van der Waals surface area contributed by atoms with Gasteiger partial charge in [0.05, 0.1) is 11.1 Å². The summed E-state index contributed by atoms with van der Waals surface area (Å²) in [6, 6.07) is 35.5. The second kappa shape index (κ2) is 23.5. The summed E-state index contributed by atoms with van der Waals surface area (Å²) in [7, 11) is 1.86. The first-order chi connectivity index (χ1) is 35.5. The lowest BCUT2D eigenvalue weighted by Crippen LogP contribution is -2.38. The Balaban J connectivity index is 0.000000219. The number of anilines is 2. The van der Waals surface area contributed by atoms with E-state index in [1.165, 1.54) is 24.3 Å². The largest absolute Gasteiger partial charge is 0.416 e. The van der Waals surface area contributed by atoms with Gasteiger partial charge in [-0.2, -0.15) is 26.3 Å². The zero-order valence-corrected chi connectivity index (χ0v) is 42.6. The molecule has 0 bridgehead atoms. The fourth-order valence-electron chi connectivity index (χ4n) is 9.28. The molecule has 0 spiro atoms. The Morgan fingerprint density at radius 3 is 1.17 bits per heavy atom. The van der Waals surface area contributed by atoms with E-state index in [9.17, 15) is 45.5 Å². The quantitative estimate of drug-likeness (QED) is 0.0954. The van der Waals surface area contributed by atoms with Crippen LogP contribution < -0.4 is 21.7 Å². The minimum absolute atomic E-state index is 0.102. The van der Waals surface area contributed by atoms with E-state index in [-0.39, 0.29) is 35.5 Å². The van der Waals surface area contributed by atoms with Crippen molar-refractivity contribution in [3.05, 3.63) is 200 Å². The summed E-state index contributed by atoms with van der Waals surface area (Å²) in [5.74, 6) is -0.583. The van der Waals surface area contributed by atoms with Gasteiger partial charge in [0.1, 0.15) is 0 Å². The molecule has 0 aliphatic carbocycles. The summed E-state index contributed by atoms with van der Waals surface area (Å²) < 4.78 is 77.1. The molecule has 4 amide bonds. The van der Waals surface area contributed by atoms with Crippen molar-refractivity contribution < 1.29 is 45.5 Å². The highest BCUT2D eigenvalue weighted by molar-refractivity contribution is 6.06. The molecular weight excluding hydrogens is 971 g/mol. The number of nitrogens with two attached hydrogens (primary N) is 1. The second-order valence-electron chi connectivity index (χ2n) is 19.9. The second-order valence-corrected chi connectivity index (χ2v) is 19.9. The van der Waals surface area contributed by atoms with Crippen LogP contribution >= 0.6 is 0 Å². The maximum atomic E-state index is 13.2. The van der Waals surface area contributed by atoms with Crippen molar-refractivity contribution in [2.24, 2.45) is 5.73 Å². The Kier molecular flexibility index (Phi) is 17.4. The molecule has 5 N–H and O–H groups in total. The van der Waals surface area contributed by atoms with Gasteiger partial charge < -0.3 is 31.5 Å². The molecule has 2 fully saturated rings. The van der Waals surface area contributed by atoms with Crippen molar-refractivity contribution in [1.29, 1.82) is 0 Å². The van der Waals surface area contributed by atoms with Crippen LogP contribution in [0.3, 0.4) is 0 Å². The van der Waals surface area contributed by atoms with Gasteiger partial charge in [-0.25, -0.2) is 0 Å². The fraction of sp³-hybridized carbons (Fsp3) is 0.322. The monoisotopic (exact) mass is 1030 g/mol. The first kappa shape index (κ1) is 55.5. The van der Waals surface area contributed by atoms with Crippen LogP contribution in [0.2, 0.25) is 0 Å². The third-order valence-electron chi connectivity index (χ3n) is 13.9. The number of rotatable bonds is 11. The standard InChI is InChI=1S/C30H32F3N3O2.C29H30F3N3O2/c1-19-4-5-23(18-26(19)35-27(37)22-8-10-24(11-9-22)29(2,3)34)28(38)36-16-14-21(15-17-36)20-6-12-25(13-7-20)30(31,32)33;1-19-3-6-24(17-26(19)34-27(36)23-7-4-20(5-8-23)18-33-2)28(37)35-15-13-22(14-16-35)21-9-11-25(12-10-21)29(30,31)32/h4-13,18,21H,14-17,34H2,1-3H3,(H,35,37);3-12,17,22,33H,13-16,18H2,1-2H3,(H,34,36). The van der Waals surface area contributed by atoms with Gasteiger partial charge in [-0.05, 0) is 178 Å². The molecule has 2 saturated heterocycles. The van der Waals surface area contributed by atoms with Gasteiger partial charge in [0, 0.05) is 71.9 Å². The zero-order chi connectivity index (χ0) is 54.2. The summed E-state index contributed by atoms with van der Waals surface area (Å²) in [6.45, 7) is 10.3. The number of carbonyl (C=O) groups is 4. The van der Waals surface area contributed by atoms with Crippen LogP contribution in [0.4, 0.5) is 37.7 Å². The van der Waals surface area contributed by atoms with Gasteiger partial charge in [-0.15, -0.1) is 0 Å². The molecule has 0 atom stereocenters. The predicted octanol–water partition coefficient (Wildman–Crippen LogP) is 12.5. The fourth-order valence-corrected chi connectivity index (χ4v) is 9.28. The van der Waals surface area contributed by atoms with Crippen LogP contribution in [-0.2, 0) is 24.4 Å². The number of alkyl halides is 6. The van der Waals surface area contributed by atoms with E-state index in [0.717, 1.165) is 57.6 Å². The van der Waals surface area contributed by atoms with Crippen LogP contribution in [0, 0.1) is 13.8 Å². The summed E-state index contributed by atoms with van der Waals surface area (Å²) >= 11 is 0. The number of amides is 4. The van der Waals surface area contributed by atoms with Crippen LogP contribution in [-0.4, -0.2) is 66.7 Å². The molecule has 6 aromatic carbocycles. The molecule has 0 unspecified atom stereocenters. The van der Waals surface area contributed by atoms with Crippen molar-refractivity contribution in [1.82, 2.24) is 15.1 Å². The highest BCUT2D eigenvalue weighted by Crippen LogP contribution is 2.35. The molecule has 394 valence electrons. The topological polar surface area (TPSA) is 137 Å². The Hall–Kier alpha value is -7.30. The number of aryl methyl sites for hydroxylation is 2. The average molecular weight is 1030 g/mol. The van der Waals surface area contributed by atoms with E-state index in [1.807, 2.05) is 65.1 Å². The molecule has 2 aliphatic heterocycles. The normalized spacial score (nSPS) is 14.7. The smallest absolute Gasteiger partial charge is 0.339 e. The molecule has 2 heterocycles. The lowest BCUT2D eigenvalue weighted by Gasteiger charge is -2.32. The third-order valence-corrected chi connectivity index (χ3v) is 13.9. The number of benzene rings is 6. The predicted molar refractivity (Wildman–Crippen MR) is 280 cm³/mol. The molecule has 2 aliphatic rings. The molecule has 16 heteroatoms. The SMILES string of the molecule is CNCc1ccc(C(=O)Nc2cc(C(=O)N3CCC(c4ccc(C(F)(F)F)cc4)CC3)ccc2C)cc1.Cc1ccc(C(=O)N2CCC(c3ccc(C(F)(F)F)cc3)CC2)cc1NC(=O)c1ccc(C(C)(C)N)cc1. The summed E-state index contributed by atoms with van der Waals surface area (Å²) in [4.78, 5) is 55.6. The van der Waals surface area contributed by atoms with Gasteiger partial charge in [0.2, 0.25) is 0 Å². The maximum Gasteiger partial charge on any atom is 0.416 e. The first-order valence-electron chi connectivity index (χ1n) is 24.9. The Labute approximate surface area is 433 Å². The number of carbonyl (C=O) groups excluding carboxylic acids is 4. The first-order valence-corrected chi connectivity index (χ1v) is 24.9. The van der Waals surface area contributed by atoms with E-state index in [2.05, 4.69) is 16.0 Å². The van der Waals surface area contributed by atoms with Crippen molar-refractivity contribution in [3.63, 3.8) is 0 Å². The van der Waals surface area contributed by atoms with E-state index in [4.69, 9.17) is 5.73 Å². The minimum Gasteiger partial charge on any atom is -0.339 e. The molecule has 8 rings (SSSR count).